The molecule has 1 aliphatic carbocycles. The highest BCUT2D eigenvalue weighted by atomic mass is 16.5. The van der Waals surface area contributed by atoms with Crippen LogP contribution in [0.3, 0.4) is 0 Å². The third kappa shape index (κ3) is 3.57. The number of nitrogens with one attached hydrogen (secondary N) is 2. The predicted octanol–water partition coefficient (Wildman–Crippen LogP) is 2.27. The Kier molecular flexibility index (Phi) is 4.75. The molecule has 100 valence electrons. The van der Waals surface area contributed by atoms with E-state index in [1.165, 1.54) is 25.7 Å². The van der Waals surface area contributed by atoms with Gasteiger partial charge < -0.3 is 15.4 Å². The summed E-state index contributed by atoms with van der Waals surface area (Å²) in [5.74, 6) is 3.21. The third-order valence-corrected chi connectivity index (χ3v) is 3.35. The maximum atomic E-state index is 5.08. The second kappa shape index (κ2) is 6.54. The fourth-order valence-electron chi connectivity index (χ4n) is 2.37. The molecule has 1 aromatic rings. The molecule has 0 spiro atoms. The number of aromatic nitrogens is 2. The summed E-state index contributed by atoms with van der Waals surface area (Å²) >= 11 is 0. The Bertz CT molecular complexity index is 377. The molecule has 0 radical (unpaired) electrons. The van der Waals surface area contributed by atoms with Crippen LogP contribution in [0.2, 0.25) is 0 Å². The Labute approximate surface area is 108 Å². The van der Waals surface area contributed by atoms with E-state index in [1.807, 2.05) is 13.1 Å². The van der Waals surface area contributed by atoms with Crippen LogP contribution >= 0.6 is 0 Å². The van der Waals surface area contributed by atoms with Crippen molar-refractivity contribution in [3.05, 3.63) is 11.9 Å². The van der Waals surface area contributed by atoms with Gasteiger partial charge in [-0.15, -0.1) is 0 Å². The molecule has 1 fully saturated rings. The molecule has 1 saturated carbocycles. The first-order chi connectivity index (χ1) is 8.81. The Morgan fingerprint density at radius 3 is 2.67 bits per heavy atom. The molecule has 0 saturated heterocycles. The minimum Gasteiger partial charge on any atom is -0.377 e. The Morgan fingerprint density at radius 2 is 2.00 bits per heavy atom. The fraction of sp³-hybridized carbons (Fsp3) is 0.692. The summed E-state index contributed by atoms with van der Waals surface area (Å²) in [6.45, 7) is 1.44. The Balaban J connectivity index is 1.98. The van der Waals surface area contributed by atoms with Gasteiger partial charge in [0, 0.05) is 26.8 Å². The number of methoxy groups -OCH3 is 1. The molecular weight excluding hydrogens is 228 g/mol. The van der Waals surface area contributed by atoms with Crippen molar-refractivity contribution in [3.8, 4) is 0 Å². The summed E-state index contributed by atoms with van der Waals surface area (Å²) < 4.78 is 5.08. The summed E-state index contributed by atoms with van der Waals surface area (Å²) in [5, 5.41) is 6.46. The first-order valence-corrected chi connectivity index (χ1v) is 6.60. The number of anilines is 2. The van der Waals surface area contributed by atoms with Crippen LogP contribution < -0.4 is 10.6 Å². The van der Waals surface area contributed by atoms with Gasteiger partial charge in [-0.3, -0.25) is 0 Å². The Morgan fingerprint density at radius 1 is 1.28 bits per heavy atom. The predicted molar refractivity (Wildman–Crippen MR) is 72.7 cm³/mol. The SMILES string of the molecule is CNc1cc(NCC2CCCC2)nc(COC)n1. The molecule has 5 heteroatoms. The van der Waals surface area contributed by atoms with Gasteiger partial charge in [-0.1, -0.05) is 12.8 Å². The van der Waals surface area contributed by atoms with Gasteiger partial charge in [0.2, 0.25) is 0 Å². The normalized spacial score (nSPS) is 15.9. The molecule has 18 heavy (non-hydrogen) atoms. The average molecular weight is 250 g/mol. The quantitative estimate of drug-likeness (QED) is 0.811. The van der Waals surface area contributed by atoms with Gasteiger partial charge in [-0.05, 0) is 18.8 Å². The average Bonchev–Trinajstić information content (AvgIpc) is 2.89. The van der Waals surface area contributed by atoms with Gasteiger partial charge in [0.25, 0.3) is 0 Å². The zero-order valence-electron chi connectivity index (χ0n) is 11.2. The number of rotatable bonds is 6. The van der Waals surface area contributed by atoms with E-state index in [2.05, 4.69) is 20.6 Å². The highest BCUT2D eigenvalue weighted by molar-refractivity contribution is 5.47. The molecule has 0 unspecified atom stereocenters. The van der Waals surface area contributed by atoms with Crippen LogP contribution in [0.5, 0.6) is 0 Å². The molecule has 1 aliphatic rings. The van der Waals surface area contributed by atoms with E-state index in [0.717, 1.165) is 24.1 Å². The zero-order valence-corrected chi connectivity index (χ0v) is 11.2. The van der Waals surface area contributed by atoms with Crippen LogP contribution in [-0.4, -0.2) is 30.7 Å². The van der Waals surface area contributed by atoms with Crippen LogP contribution in [0.15, 0.2) is 6.07 Å². The van der Waals surface area contributed by atoms with E-state index >= 15 is 0 Å². The van der Waals surface area contributed by atoms with Crippen molar-refractivity contribution < 1.29 is 4.74 Å². The largest absolute Gasteiger partial charge is 0.377 e. The molecule has 2 rings (SSSR count). The van der Waals surface area contributed by atoms with Gasteiger partial charge in [0.1, 0.15) is 18.2 Å². The van der Waals surface area contributed by atoms with E-state index in [-0.39, 0.29) is 0 Å². The number of hydrogen-bond acceptors (Lipinski definition) is 5. The summed E-state index contributed by atoms with van der Waals surface area (Å²) in [7, 11) is 3.51. The first-order valence-electron chi connectivity index (χ1n) is 6.60. The standard InChI is InChI=1S/C13H22N4O/c1-14-11-7-12(17-13(16-11)9-18-2)15-8-10-5-3-4-6-10/h7,10H,3-6,8-9H2,1-2H3,(H2,14,15,16,17). The molecule has 2 N–H and O–H groups in total. The molecule has 0 bridgehead atoms. The lowest BCUT2D eigenvalue weighted by Crippen LogP contribution is -2.13. The minimum atomic E-state index is 0.438. The molecule has 1 aromatic heterocycles. The van der Waals surface area contributed by atoms with Gasteiger partial charge >= 0.3 is 0 Å². The van der Waals surface area contributed by atoms with E-state index < -0.39 is 0 Å². The lowest BCUT2D eigenvalue weighted by Gasteiger charge is -2.13. The van der Waals surface area contributed by atoms with Gasteiger partial charge in [-0.2, -0.15) is 0 Å². The lowest BCUT2D eigenvalue weighted by atomic mass is 10.1. The van der Waals surface area contributed by atoms with Crippen molar-refractivity contribution in [1.29, 1.82) is 0 Å². The van der Waals surface area contributed by atoms with Gasteiger partial charge in [0.05, 0.1) is 0 Å². The Hall–Kier alpha value is -1.36. The van der Waals surface area contributed by atoms with Crippen molar-refractivity contribution in [1.82, 2.24) is 9.97 Å². The van der Waals surface area contributed by atoms with Crippen molar-refractivity contribution >= 4 is 11.6 Å². The molecule has 0 atom stereocenters. The number of hydrogen-bond donors (Lipinski definition) is 2. The molecular formula is C13H22N4O. The second-order valence-corrected chi connectivity index (χ2v) is 4.77. The lowest BCUT2D eigenvalue weighted by molar-refractivity contribution is 0.178. The number of ether oxygens (including phenoxy) is 1. The van der Waals surface area contributed by atoms with E-state index in [0.29, 0.717) is 12.4 Å². The van der Waals surface area contributed by atoms with Crippen LogP contribution in [0.4, 0.5) is 11.6 Å². The smallest absolute Gasteiger partial charge is 0.158 e. The topological polar surface area (TPSA) is 59.1 Å². The molecule has 0 amide bonds. The van der Waals surface area contributed by atoms with Gasteiger partial charge in [0.15, 0.2) is 5.82 Å². The summed E-state index contributed by atoms with van der Waals surface area (Å²) in [6.07, 6.45) is 5.41. The van der Waals surface area contributed by atoms with Crippen molar-refractivity contribution in [3.63, 3.8) is 0 Å². The highest BCUT2D eigenvalue weighted by Gasteiger charge is 2.14. The van der Waals surface area contributed by atoms with Crippen LogP contribution in [0.1, 0.15) is 31.5 Å². The third-order valence-electron chi connectivity index (χ3n) is 3.35. The van der Waals surface area contributed by atoms with Crippen LogP contribution in [0, 0.1) is 5.92 Å². The van der Waals surface area contributed by atoms with Crippen molar-refractivity contribution in [2.24, 2.45) is 5.92 Å². The van der Waals surface area contributed by atoms with E-state index in [1.54, 1.807) is 7.11 Å². The minimum absolute atomic E-state index is 0.438. The molecule has 5 nitrogen and oxygen atoms in total. The van der Waals surface area contributed by atoms with E-state index in [4.69, 9.17) is 4.74 Å². The van der Waals surface area contributed by atoms with Crippen molar-refractivity contribution in [2.45, 2.75) is 32.3 Å². The van der Waals surface area contributed by atoms with Crippen molar-refractivity contribution in [2.75, 3.05) is 31.3 Å². The molecule has 0 aliphatic heterocycles. The monoisotopic (exact) mass is 250 g/mol. The van der Waals surface area contributed by atoms with E-state index in [9.17, 15) is 0 Å². The summed E-state index contributed by atoms with van der Waals surface area (Å²) in [6, 6.07) is 1.94. The fourth-order valence-corrected chi connectivity index (χ4v) is 2.37. The highest BCUT2D eigenvalue weighted by Crippen LogP contribution is 2.25. The maximum absolute atomic E-state index is 5.08. The first kappa shape index (κ1) is 13.1. The summed E-state index contributed by atoms with van der Waals surface area (Å²) in [4.78, 5) is 8.78. The van der Waals surface area contributed by atoms with Crippen LogP contribution in [0.25, 0.3) is 0 Å². The second-order valence-electron chi connectivity index (χ2n) is 4.77. The maximum Gasteiger partial charge on any atom is 0.158 e. The van der Waals surface area contributed by atoms with Crippen LogP contribution in [-0.2, 0) is 11.3 Å². The molecule has 0 aromatic carbocycles. The zero-order chi connectivity index (χ0) is 12.8. The van der Waals surface area contributed by atoms with Gasteiger partial charge in [-0.25, -0.2) is 9.97 Å². The number of nitrogens with zero attached hydrogens (tertiary/aromatic N) is 2. The molecule has 1 heterocycles. The summed E-state index contributed by atoms with van der Waals surface area (Å²) in [5.41, 5.74) is 0.